The molecule has 160 valence electrons. The third-order valence-corrected chi connectivity index (χ3v) is 5.39. The molecule has 0 saturated carbocycles. The summed E-state index contributed by atoms with van der Waals surface area (Å²) in [4.78, 5) is 27.8. The molecule has 2 aromatic rings. The van der Waals surface area contributed by atoms with E-state index >= 15 is 0 Å². The first kappa shape index (κ1) is 21.6. The van der Waals surface area contributed by atoms with Crippen LogP contribution in [0.25, 0.3) is 0 Å². The average molecular weight is 412 g/mol. The van der Waals surface area contributed by atoms with E-state index in [-0.39, 0.29) is 23.7 Å². The van der Waals surface area contributed by atoms with Gasteiger partial charge in [0.1, 0.15) is 11.5 Å². The second-order valence-corrected chi connectivity index (χ2v) is 7.22. The third kappa shape index (κ3) is 4.91. The zero-order valence-electron chi connectivity index (χ0n) is 17.6. The normalized spacial score (nSPS) is 18.2. The Morgan fingerprint density at radius 3 is 2.40 bits per heavy atom. The van der Waals surface area contributed by atoms with E-state index < -0.39 is 0 Å². The molecule has 0 aromatic heterocycles. The number of rotatable bonds is 8. The molecular weight excluding hydrogens is 384 g/mol. The number of likely N-dealkylation sites (tertiary alicyclic amines) is 1. The van der Waals surface area contributed by atoms with Crippen LogP contribution in [0, 0.1) is 5.92 Å². The molecule has 3 rings (SSSR count). The van der Waals surface area contributed by atoms with Crippen LogP contribution in [-0.2, 0) is 9.53 Å². The number of hydrogen-bond acceptors (Lipinski definition) is 5. The lowest BCUT2D eigenvalue weighted by molar-refractivity contribution is -0.125. The van der Waals surface area contributed by atoms with Crippen molar-refractivity contribution < 1.29 is 23.8 Å². The zero-order valence-corrected chi connectivity index (χ0v) is 17.6. The highest BCUT2D eigenvalue weighted by Crippen LogP contribution is 2.35. The van der Waals surface area contributed by atoms with Gasteiger partial charge in [0.05, 0.1) is 26.7 Å². The summed E-state index contributed by atoms with van der Waals surface area (Å²) >= 11 is 0. The van der Waals surface area contributed by atoms with E-state index in [1.54, 1.807) is 50.5 Å². The molecule has 7 nitrogen and oxygen atoms in total. The topological polar surface area (TPSA) is 77.1 Å². The average Bonchev–Trinajstić information content (AvgIpc) is 3.24. The quantitative estimate of drug-likeness (QED) is 0.674. The molecule has 2 unspecified atom stereocenters. The van der Waals surface area contributed by atoms with Crippen molar-refractivity contribution >= 4 is 11.8 Å². The van der Waals surface area contributed by atoms with Crippen molar-refractivity contribution in [2.45, 2.75) is 5.92 Å². The van der Waals surface area contributed by atoms with Gasteiger partial charge >= 0.3 is 0 Å². The largest absolute Gasteiger partial charge is 0.497 e. The number of carbonyl (C=O) groups excluding carboxylic acids is 2. The molecule has 1 aliphatic rings. The summed E-state index contributed by atoms with van der Waals surface area (Å²) in [5.74, 6) is 0.664. The molecule has 1 N–H and O–H groups in total. The molecule has 0 bridgehead atoms. The Bertz CT molecular complexity index is 885. The van der Waals surface area contributed by atoms with Gasteiger partial charge in [-0.25, -0.2) is 0 Å². The number of methoxy groups -OCH3 is 3. The second-order valence-electron chi connectivity index (χ2n) is 7.22. The monoisotopic (exact) mass is 412 g/mol. The maximum Gasteiger partial charge on any atom is 0.254 e. The van der Waals surface area contributed by atoms with Gasteiger partial charge in [0.15, 0.2) is 0 Å². The van der Waals surface area contributed by atoms with Crippen LogP contribution in [0.1, 0.15) is 21.8 Å². The van der Waals surface area contributed by atoms with Crippen LogP contribution in [0.15, 0.2) is 48.5 Å². The van der Waals surface area contributed by atoms with E-state index in [1.165, 1.54) is 0 Å². The third-order valence-electron chi connectivity index (χ3n) is 5.39. The van der Waals surface area contributed by atoms with Crippen LogP contribution in [-0.4, -0.2) is 64.3 Å². The van der Waals surface area contributed by atoms with Crippen molar-refractivity contribution in [2.24, 2.45) is 5.92 Å². The lowest BCUT2D eigenvalue weighted by Crippen LogP contribution is -2.37. The Balaban J connectivity index is 1.84. The molecule has 30 heavy (non-hydrogen) atoms. The molecule has 2 atom stereocenters. The molecule has 0 spiro atoms. The van der Waals surface area contributed by atoms with E-state index in [0.29, 0.717) is 37.6 Å². The summed E-state index contributed by atoms with van der Waals surface area (Å²) in [6, 6.07) is 14.7. The van der Waals surface area contributed by atoms with Crippen molar-refractivity contribution in [3.63, 3.8) is 0 Å². The highest BCUT2D eigenvalue weighted by atomic mass is 16.5. The van der Waals surface area contributed by atoms with Crippen LogP contribution in [0.3, 0.4) is 0 Å². The maximum atomic E-state index is 13.1. The van der Waals surface area contributed by atoms with E-state index in [2.05, 4.69) is 5.32 Å². The molecular formula is C23H28N2O5. The lowest BCUT2D eigenvalue weighted by Gasteiger charge is -2.18. The van der Waals surface area contributed by atoms with Gasteiger partial charge in [0.2, 0.25) is 5.91 Å². The number of amides is 2. The molecule has 1 aliphatic heterocycles. The van der Waals surface area contributed by atoms with Crippen LogP contribution in [0.2, 0.25) is 0 Å². The fraction of sp³-hybridized carbons (Fsp3) is 0.391. The minimum atomic E-state index is -0.358. The van der Waals surface area contributed by atoms with Gasteiger partial charge in [0, 0.05) is 38.2 Å². The second kappa shape index (κ2) is 10.1. The highest BCUT2D eigenvalue weighted by molar-refractivity contribution is 5.95. The Morgan fingerprint density at radius 2 is 1.70 bits per heavy atom. The van der Waals surface area contributed by atoms with E-state index in [4.69, 9.17) is 14.2 Å². The van der Waals surface area contributed by atoms with Crippen LogP contribution in [0.5, 0.6) is 11.5 Å². The van der Waals surface area contributed by atoms with Gasteiger partial charge in [0.25, 0.3) is 5.91 Å². The Kier molecular flexibility index (Phi) is 7.30. The first-order chi connectivity index (χ1) is 14.6. The molecule has 1 saturated heterocycles. The van der Waals surface area contributed by atoms with Gasteiger partial charge in [-0.2, -0.15) is 0 Å². The standard InChI is InChI=1S/C23H28N2O5/c1-28-11-10-24-22(26)21-15-25(23(27)17-7-5-9-19(13-17)30-3)14-20(21)16-6-4-8-18(12-16)29-2/h4-9,12-13,20-21H,10-11,14-15H2,1-3H3,(H,24,26). The fourth-order valence-electron chi connectivity index (χ4n) is 3.79. The number of nitrogens with one attached hydrogen (secondary N) is 1. The van der Waals surface area contributed by atoms with Gasteiger partial charge in [-0.15, -0.1) is 0 Å². The number of benzene rings is 2. The van der Waals surface area contributed by atoms with Crippen molar-refractivity contribution in [3.05, 3.63) is 59.7 Å². The summed E-state index contributed by atoms with van der Waals surface area (Å²) < 4.78 is 15.6. The number of nitrogens with zero attached hydrogens (tertiary/aromatic N) is 1. The van der Waals surface area contributed by atoms with Crippen molar-refractivity contribution in [2.75, 3.05) is 47.6 Å². The van der Waals surface area contributed by atoms with E-state index in [9.17, 15) is 9.59 Å². The number of carbonyl (C=O) groups is 2. The highest BCUT2D eigenvalue weighted by Gasteiger charge is 2.40. The SMILES string of the molecule is COCCNC(=O)C1CN(C(=O)c2cccc(OC)c2)CC1c1cccc(OC)c1. The van der Waals surface area contributed by atoms with Crippen LogP contribution >= 0.6 is 0 Å². The fourth-order valence-corrected chi connectivity index (χ4v) is 3.79. The number of hydrogen-bond donors (Lipinski definition) is 1. The smallest absolute Gasteiger partial charge is 0.254 e. The van der Waals surface area contributed by atoms with Crippen molar-refractivity contribution in [1.29, 1.82) is 0 Å². The predicted octanol–water partition coefficient (Wildman–Crippen LogP) is 2.32. The summed E-state index contributed by atoms with van der Waals surface area (Å²) in [7, 11) is 4.77. The molecule has 1 heterocycles. The summed E-state index contributed by atoms with van der Waals surface area (Å²) in [6.07, 6.45) is 0. The van der Waals surface area contributed by atoms with E-state index in [1.807, 2.05) is 24.3 Å². The Labute approximate surface area is 176 Å². The minimum Gasteiger partial charge on any atom is -0.497 e. The van der Waals surface area contributed by atoms with Crippen molar-refractivity contribution in [1.82, 2.24) is 10.2 Å². The van der Waals surface area contributed by atoms with Crippen LogP contribution < -0.4 is 14.8 Å². The summed E-state index contributed by atoms with van der Waals surface area (Å²) in [5.41, 5.74) is 1.52. The van der Waals surface area contributed by atoms with Crippen LogP contribution in [0.4, 0.5) is 0 Å². The van der Waals surface area contributed by atoms with Gasteiger partial charge in [-0.05, 0) is 35.9 Å². The minimum absolute atomic E-state index is 0.0826. The lowest BCUT2D eigenvalue weighted by atomic mass is 9.88. The van der Waals surface area contributed by atoms with Crippen molar-refractivity contribution in [3.8, 4) is 11.5 Å². The first-order valence-corrected chi connectivity index (χ1v) is 9.91. The first-order valence-electron chi connectivity index (χ1n) is 9.91. The molecule has 1 fully saturated rings. The molecule has 0 radical (unpaired) electrons. The van der Waals surface area contributed by atoms with Gasteiger partial charge in [-0.3, -0.25) is 9.59 Å². The predicted molar refractivity (Wildman–Crippen MR) is 113 cm³/mol. The Hall–Kier alpha value is -3.06. The van der Waals surface area contributed by atoms with Gasteiger partial charge in [-0.1, -0.05) is 18.2 Å². The molecule has 2 aromatic carbocycles. The molecule has 0 aliphatic carbocycles. The summed E-state index contributed by atoms with van der Waals surface area (Å²) in [6.45, 7) is 1.66. The number of ether oxygens (including phenoxy) is 3. The summed E-state index contributed by atoms with van der Waals surface area (Å²) in [5, 5.41) is 2.92. The van der Waals surface area contributed by atoms with Gasteiger partial charge < -0.3 is 24.4 Å². The zero-order chi connectivity index (χ0) is 21.5. The van der Waals surface area contributed by atoms with E-state index in [0.717, 1.165) is 11.3 Å². The maximum absolute atomic E-state index is 13.1. The Morgan fingerprint density at radius 1 is 1.00 bits per heavy atom. The molecule has 7 heteroatoms. The molecule has 2 amide bonds.